The highest BCUT2D eigenvalue weighted by Crippen LogP contribution is 2.13. The zero-order valence-electron chi connectivity index (χ0n) is 10.5. The molecule has 19 heavy (non-hydrogen) atoms. The number of ether oxygens (including phenoxy) is 1. The van der Waals surface area contributed by atoms with E-state index in [0.717, 1.165) is 0 Å². The van der Waals surface area contributed by atoms with Crippen molar-refractivity contribution in [1.29, 1.82) is 0 Å². The Kier molecular flexibility index (Phi) is 6.10. The predicted molar refractivity (Wildman–Crippen MR) is 65.9 cm³/mol. The van der Waals surface area contributed by atoms with Gasteiger partial charge in [0.15, 0.2) is 0 Å². The number of hydrazine groups is 1. The summed E-state index contributed by atoms with van der Waals surface area (Å²) in [4.78, 5) is 15.8. The van der Waals surface area contributed by atoms with Crippen LogP contribution in [0.5, 0.6) is 0 Å². The fourth-order valence-corrected chi connectivity index (χ4v) is 1.36. The molecule has 0 aliphatic carbocycles. The topological polar surface area (TPSA) is 89.3 Å². The molecule has 0 spiro atoms. The van der Waals surface area contributed by atoms with Crippen LogP contribution in [-0.4, -0.2) is 37.1 Å². The fourth-order valence-electron chi connectivity index (χ4n) is 1.36. The van der Waals surface area contributed by atoms with Crippen LogP contribution in [-0.2, 0) is 4.74 Å². The van der Waals surface area contributed by atoms with Crippen LogP contribution in [0.4, 0.5) is 14.5 Å². The molecular formula is C11H16F2N4O2. The molecule has 0 atom stereocenters. The average Bonchev–Trinajstić information content (AvgIpc) is 2.37. The summed E-state index contributed by atoms with van der Waals surface area (Å²) < 4.78 is 28.2. The quantitative estimate of drug-likeness (QED) is 0.386. The lowest BCUT2D eigenvalue weighted by Crippen LogP contribution is -2.29. The number of aryl methyl sites for hydroxylation is 1. The van der Waals surface area contributed by atoms with E-state index in [0.29, 0.717) is 11.4 Å². The van der Waals surface area contributed by atoms with Gasteiger partial charge in [0, 0.05) is 18.4 Å². The van der Waals surface area contributed by atoms with Crippen LogP contribution in [0.2, 0.25) is 0 Å². The number of nitrogen functional groups attached to an aromatic ring is 1. The molecule has 0 aliphatic rings. The van der Waals surface area contributed by atoms with E-state index in [1.54, 1.807) is 13.0 Å². The molecule has 0 saturated heterocycles. The van der Waals surface area contributed by atoms with Crippen LogP contribution in [0.25, 0.3) is 0 Å². The first kappa shape index (κ1) is 15.3. The largest absolute Gasteiger partial charge is 0.374 e. The number of halogens is 2. The predicted octanol–water partition coefficient (Wildman–Crippen LogP) is 0.687. The first-order valence-corrected chi connectivity index (χ1v) is 5.62. The zero-order valence-corrected chi connectivity index (χ0v) is 10.5. The van der Waals surface area contributed by atoms with Crippen molar-refractivity contribution < 1.29 is 18.3 Å². The summed E-state index contributed by atoms with van der Waals surface area (Å²) in [6.07, 6.45) is -1.12. The van der Waals surface area contributed by atoms with E-state index in [1.165, 1.54) is 6.20 Å². The molecule has 0 bridgehead atoms. The Bertz CT molecular complexity index is 429. The van der Waals surface area contributed by atoms with Crippen LogP contribution in [0.3, 0.4) is 0 Å². The zero-order chi connectivity index (χ0) is 14.3. The Labute approximate surface area is 109 Å². The van der Waals surface area contributed by atoms with Crippen molar-refractivity contribution in [3.63, 3.8) is 0 Å². The van der Waals surface area contributed by atoms with Gasteiger partial charge in [0.25, 0.3) is 12.3 Å². The van der Waals surface area contributed by atoms with Crippen molar-refractivity contribution >= 4 is 11.6 Å². The van der Waals surface area contributed by atoms with Crippen molar-refractivity contribution in [2.24, 2.45) is 5.84 Å². The molecule has 8 heteroatoms. The monoisotopic (exact) mass is 274 g/mol. The van der Waals surface area contributed by atoms with Gasteiger partial charge in [-0.2, -0.15) is 0 Å². The van der Waals surface area contributed by atoms with E-state index >= 15 is 0 Å². The normalized spacial score (nSPS) is 10.6. The summed E-state index contributed by atoms with van der Waals surface area (Å²) in [6.45, 7) is 1.27. The second kappa shape index (κ2) is 7.59. The summed E-state index contributed by atoms with van der Waals surface area (Å²) >= 11 is 0. The number of carbonyl (C=O) groups is 1. The molecule has 1 heterocycles. The van der Waals surface area contributed by atoms with Gasteiger partial charge >= 0.3 is 0 Å². The van der Waals surface area contributed by atoms with Crippen LogP contribution in [0.1, 0.15) is 16.1 Å². The molecule has 106 valence electrons. The standard InChI is InChI=1S/C11H16F2N4O2/c1-7-4-9(17-14)8(5-16-7)11(18)15-2-3-19-6-10(12)13/h4-5,10H,2-3,6,14H2,1H3,(H,15,18)(H,16,17). The van der Waals surface area contributed by atoms with E-state index in [2.05, 4.69) is 20.5 Å². The van der Waals surface area contributed by atoms with E-state index < -0.39 is 18.9 Å². The van der Waals surface area contributed by atoms with Gasteiger partial charge in [-0.25, -0.2) is 8.78 Å². The number of alkyl halides is 2. The molecule has 1 rings (SSSR count). The minimum atomic E-state index is -2.51. The molecule has 6 nitrogen and oxygen atoms in total. The Morgan fingerprint density at radius 2 is 2.32 bits per heavy atom. The second-order valence-electron chi connectivity index (χ2n) is 3.74. The molecule has 0 aromatic carbocycles. The van der Waals surface area contributed by atoms with Gasteiger partial charge in [0.2, 0.25) is 0 Å². The Balaban J connectivity index is 2.45. The number of hydrogen-bond acceptors (Lipinski definition) is 5. The number of anilines is 1. The summed E-state index contributed by atoms with van der Waals surface area (Å²) in [5, 5.41) is 2.52. The number of hydrogen-bond donors (Lipinski definition) is 3. The number of nitrogens with two attached hydrogens (primary N) is 1. The molecule has 0 radical (unpaired) electrons. The highest BCUT2D eigenvalue weighted by molar-refractivity contribution is 5.99. The fraction of sp³-hybridized carbons (Fsp3) is 0.455. The van der Waals surface area contributed by atoms with Crippen molar-refractivity contribution in [2.75, 3.05) is 25.2 Å². The molecule has 4 N–H and O–H groups in total. The number of carbonyl (C=O) groups excluding carboxylic acids is 1. The highest BCUT2D eigenvalue weighted by atomic mass is 19.3. The van der Waals surface area contributed by atoms with E-state index in [1.807, 2.05) is 0 Å². The van der Waals surface area contributed by atoms with Gasteiger partial charge in [0.1, 0.15) is 6.61 Å². The SMILES string of the molecule is Cc1cc(NN)c(C(=O)NCCOCC(F)F)cn1. The third-order valence-corrected chi connectivity index (χ3v) is 2.22. The number of aromatic nitrogens is 1. The number of nitrogens with one attached hydrogen (secondary N) is 2. The van der Waals surface area contributed by atoms with Gasteiger partial charge in [-0.3, -0.25) is 15.6 Å². The van der Waals surface area contributed by atoms with Crippen molar-refractivity contribution in [3.05, 3.63) is 23.5 Å². The molecule has 1 aromatic rings. The minimum Gasteiger partial charge on any atom is -0.374 e. The van der Waals surface area contributed by atoms with E-state index in [9.17, 15) is 13.6 Å². The summed E-state index contributed by atoms with van der Waals surface area (Å²) in [5.74, 6) is 4.90. The molecule has 1 aromatic heterocycles. The summed E-state index contributed by atoms with van der Waals surface area (Å²) in [5.41, 5.74) is 3.84. The lowest BCUT2D eigenvalue weighted by molar-refractivity contribution is 0.0188. The molecule has 1 amide bonds. The van der Waals surface area contributed by atoms with Crippen LogP contribution in [0, 0.1) is 6.92 Å². The number of amides is 1. The number of nitrogens with zero attached hydrogens (tertiary/aromatic N) is 1. The smallest absolute Gasteiger partial charge is 0.261 e. The third-order valence-electron chi connectivity index (χ3n) is 2.22. The van der Waals surface area contributed by atoms with Crippen molar-refractivity contribution in [2.45, 2.75) is 13.3 Å². The Morgan fingerprint density at radius 3 is 2.95 bits per heavy atom. The van der Waals surface area contributed by atoms with Gasteiger partial charge in [-0.1, -0.05) is 0 Å². The summed E-state index contributed by atoms with van der Waals surface area (Å²) in [7, 11) is 0. The average molecular weight is 274 g/mol. The van der Waals surface area contributed by atoms with Gasteiger partial charge in [0.05, 0.1) is 17.9 Å². The number of pyridine rings is 1. The minimum absolute atomic E-state index is 0.0146. The third kappa shape index (κ3) is 5.14. The molecule has 0 saturated carbocycles. The van der Waals surface area contributed by atoms with Gasteiger partial charge < -0.3 is 15.5 Å². The van der Waals surface area contributed by atoms with E-state index in [-0.39, 0.29) is 18.7 Å². The second-order valence-corrected chi connectivity index (χ2v) is 3.74. The Morgan fingerprint density at radius 1 is 1.58 bits per heavy atom. The van der Waals surface area contributed by atoms with Crippen LogP contribution in [0.15, 0.2) is 12.3 Å². The summed E-state index contributed by atoms with van der Waals surface area (Å²) in [6, 6.07) is 1.63. The maximum absolute atomic E-state index is 11.8. The lowest BCUT2D eigenvalue weighted by atomic mass is 10.2. The van der Waals surface area contributed by atoms with Gasteiger partial charge in [-0.05, 0) is 13.0 Å². The highest BCUT2D eigenvalue weighted by Gasteiger charge is 2.11. The van der Waals surface area contributed by atoms with Gasteiger partial charge in [-0.15, -0.1) is 0 Å². The molecule has 0 unspecified atom stereocenters. The van der Waals surface area contributed by atoms with E-state index in [4.69, 9.17) is 5.84 Å². The Hall–Kier alpha value is -1.80. The molecule has 0 aliphatic heterocycles. The van der Waals surface area contributed by atoms with Crippen molar-refractivity contribution in [1.82, 2.24) is 10.3 Å². The maximum Gasteiger partial charge on any atom is 0.261 e. The first-order chi connectivity index (χ1) is 9.04. The lowest BCUT2D eigenvalue weighted by Gasteiger charge is -2.10. The first-order valence-electron chi connectivity index (χ1n) is 5.62. The van der Waals surface area contributed by atoms with Crippen molar-refractivity contribution in [3.8, 4) is 0 Å². The molecule has 0 fully saturated rings. The number of rotatable bonds is 7. The van der Waals surface area contributed by atoms with Crippen LogP contribution >= 0.6 is 0 Å². The molecular weight excluding hydrogens is 258 g/mol. The maximum atomic E-state index is 11.8. The van der Waals surface area contributed by atoms with Crippen LogP contribution < -0.4 is 16.6 Å².